The van der Waals surface area contributed by atoms with Crippen molar-refractivity contribution < 1.29 is 9.53 Å². The molecule has 1 amide bonds. The molecule has 1 aromatic heterocycles. The van der Waals surface area contributed by atoms with E-state index in [1.807, 2.05) is 7.05 Å². The van der Waals surface area contributed by atoms with Gasteiger partial charge in [0.05, 0.1) is 13.2 Å². The van der Waals surface area contributed by atoms with Gasteiger partial charge in [-0.1, -0.05) is 0 Å². The molecule has 0 aromatic carbocycles. The minimum atomic E-state index is 0.211. The van der Waals surface area contributed by atoms with Gasteiger partial charge < -0.3 is 19.9 Å². The van der Waals surface area contributed by atoms with Crippen LogP contribution in [0, 0.1) is 0 Å². The number of methoxy groups -OCH3 is 1. The van der Waals surface area contributed by atoms with E-state index >= 15 is 0 Å². The van der Waals surface area contributed by atoms with Crippen LogP contribution in [0.25, 0.3) is 0 Å². The predicted octanol–water partition coefficient (Wildman–Crippen LogP) is -0.207. The zero-order chi connectivity index (χ0) is 17.1. The van der Waals surface area contributed by atoms with E-state index in [1.165, 1.54) is 0 Å². The molecule has 3 rings (SSSR count). The number of ether oxygens (including phenoxy) is 1. The van der Waals surface area contributed by atoms with Gasteiger partial charge in [0.25, 0.3) is 0 Å². The normalized spacial score (nSPS) is 25.6. The largest absolute Gasteiger partial charge is 0.383 e. The van der Waals surface area contributed by atoms with Crippen molar-refractivity contribution >= 4 is 5.91 Å². The summed E-state index contributed by atoms with van der Waals surface area (Å²) in [6, 6.07) is 0.290. The number of aromatic nitrogens is 3. The van der Waals surface area contributed by atoms with Crippen LogP contribution in [0.1, 0.15) is 36.8 Å². The third kappa shape index (κ3) is 3.76. The molecule has 2 heterocycles. The Morgan fingerprint density at radius 3 is 2.75 bits per heavy atom. The van der Waals surface area contributed by atoms with Crippen LogP contribution in [0.3, 0.4) is 0 Å². The lowest BCUT2D eigenvalue weighted by molar-refractivity contribution is -0.129. The van der Waals surface area contributed by atoms with Crippen molar-refractivity contribution in [3.8, 4) is 0 Å². The molecule has 2 N–H and O–H groups in total. The van der Waals surface area contributed by atoms with Gasteiger partial charge in [-0.25, -0.2) is 0 Å². The summed E-state index contributed by atoms with van der Waals surface area (Å²) in [6.07, 6.45) is 2.52. The predicted molar refractivity (Wildman–Crippen MR) is 89.4 cm³/mol. The average molecular weight is 336 g/mol. The topological polar surface area (TPSA) is 89.5 Å². The van der Waals surface area contributed by atoms with Gasteiger partial charge >= 0.3 is 0 Å². The quantitative estimate of drug-likeness (QED) is 0.773. The summed E-state index contributed by atoms with van der Waals surface area (Å²) in [5.74, 6) is 2.61. The molecule has 1 saturated heterocycles. The molecule has 2 fully saturated rings. The lowest BCUT2D eigenvalue weighted by Crippen LogP contribution is -2.36. The maximum Gasteiger partial charge on any atom is 0.223 e. The first-order chi connectivity index (χ1) is 11.6. The van der Waals surface area contributed by atoms with E-state index in [0.29, 0.717) is 18.9 Å². The average Bonchev–Trinajstić information content (AvgIpc) is 2.85. The zero-order valence-corrected chi connectivity index (χ0v) is 14.6. The van der Waals surface area contributed by atoms with Gasteiger partial charge in [-0.05, 0) is 12.8 Å². The van der Waals surface area contributed by atoms with Gasteiger partial charge in [0.1, 0.15) is 11.6 Å². The smallest absolute Gasteiger partial charge is 0.223 e. The van der Waals surface area contributed by atoms with Gasteiger partial charge in [0, 0.05) is 58.7 Å². The number of nitrogens with zero attached hydrogens (tertiary/aromatic N) is 5. The second-order valence-electron chi connectivity index (χ2n) is 6.89. The molecule has 0 atom stereocenters. The highest BCUT2D eigenvalue weighted by Gasteiger charge is 2.32. The molecule has 8 heteroatoms. The monoisotopic (exact) mass is 336 g/mol. The minimum absolute atomic E-state index is 0.211. The van der Waals surface area contributed by atoms with Crippen LogP contribution >= 0.6 is 0 Å². The molecule has 2 aliphatic rings. The highest BCUT2D eigenvalue weighted by atomic mass is 16.5. The fourth-order valence-electron chi connectivity index (χ4n) is 3.40. The molecule has 0 bridgehead atoms. The number of rotatable bonds is 6. The van der Waals surface area contributed by atoms with Crippen molar-refractivity contribution in [3.63, 3.8) is 0 Å². The Labute approximate surface area is 142 Å². The summed E-state index contributed by atoms with van der Waals surface area (Å²) in [4.78, 5) is 15.9. The van der Waals surface area contributed by atoms with E-state index in [-0.39, 0.29) is 11.9 Å². The molecule has 0 spiro atoms. The maximum absolute atomic E-state index is 11.8. The molecular formula is C16H28N6O2. The van der Waals surface area contributed by atoms with Crippen LogP contribution in [0.4, 0.5) is 0 Å². The Bertz CT molecular complexity index is 569. The van der Waals surface area contributed by atoms with Gasteiger partial charge in [0.15, 0.2) is 0 Å². The highest BCUT2D eigenvalue weighted by molar-refractivity contribution is 5.76. The molecule has 24 heavy (non-hydrogen) atoms. The minimum Gasteiger partial charge on any atom is -0.383 e. The molecule has 1 aliphatic carbocycles. The van der Waals surface area contributed by atoms with Crippen molar-refractivity contribution in [3.05, 3.63) is 11.6 Å². The Morgan fingerprint density at radius 1 is 1.25 bits per heavy atom. The fourth-order valence-corrected chi connectivity index (χ4v) is 3.40. The van der Waals surface area contributed by atoms with Crippen molar-refractivity contribution in [2.75, 3.05) is 40.4 Å². The summed E-state index contributed by atoms with van der Waals surface area (Å²) < 4.78 is 7.44. The standard InChI is InChI=1S/C16H28N6O2/c1-20-5-6-21(4-3-15(20)23)11-14-18-19-16(12-9-13(17)10-12)22(14)7-8-24-2/h12-13H,3-11,17H2,1-2H3. The summed E-state index contributed by atoms with van der Waals surface area (Å²) in [6.45, 7) is 4.50. The molecular weight excluding hydrogens is 308 g/mol. The van der Waals surface area contributed by atoms with Crippen LogP contribution < -0.4 is 5.73 Å². The van der Waals surface area contributed by atoms with Crippen molar-refractivity contribution in [1.82, 2.24) is 24.6 Å². The molecule has 134 valence electrons. The molecule has 8 nitrogen and oxygen atoms in total. The van der Waals surface area contributed by atoms with E-state index < -0.39 is 0 Å². The highest BCUT2D eigenvalue weighted by Crippen LogP contribution is 2.34. The summed E-state index contributed by atoms with van der Waals surface area (Å²) in [5, 5.41) is 8.88. The van der Waals surface area contributed by atoms with Crippen molar-refractivity contribution in [2.45, 2.75) is 44.3 Å². The number of amides is 1. The Balaban J connectivity index is 1.71. The first-order valence-electron chi connectivity index (χ1n) is 8.71. The second-order valence-corrected chi connectivity index (χ2v) is 6.89. The van der Waals surface area contributed by atoms with Gasteiger partial charge in [-0.3, -0.25) is 9.69 Å². The summed E-state index contributed by atoms with van der Waals surface area (Å²) in [5.41, 5.74) is 5.93. The number of likely N-dealkylation sites (N-methyl/N-ethyl adjacent to an activating group) is 1. The van der Waals surface area contributed by atoms with Crippen LogP contribution in [0.5, 0.6) is 0 Å². The first kappa shape index (κ1) is 17.3. The van der Waals surface area contributed by atoms with Gasteiger partial charge in [-0.15, -0.1) is 10.2 Å². The lowest BCUT2D eigenvalue weighted by Gasteiger charge is -2.32. The van der Waals surface area contributed by atoms with E-state index in [4.69, 9.17) is 10.5 Å². The lowest BCUT2D eigenvalue weighted by atomic mass is 9.80. The van der Waals surface area contributed by atoms with E-state index in [9.17, 15) is 4.79 Å². The number of carbonyl (C=O) groups excluding carboxylic acids is 1. The molecule has 1 aliphatic heterocycles. The Morgan fingerprint density at radius 2 is 2.04 bits per heavy atom. The zero-order valence-electron chi connectivity index (χ0n) is 14.6. The van der Waals surface area contributed by atoms with Crippen LogP contribution in [-0.2, 0) is 22.6 Å². The van der Waals surface area contributed by atoms with E-state index in [2.05, 4.69) is 19.7 Å². The number of nitrogens with two attached hydrogens (primary N) is 1. The Kier molecular flexibility index (Phi) is 5.47. The third-order valence-corrected chi connectivity index (χ3v) is 5.10. The van der Waals surface area contributed by atoms with Gasteiger partial charge in [-0.2, -0.15) is 0 Å². The summed E-state index contributed by atoms with van der Waals surface area (Å²) >= 11 is 0. The van der Waals surface area contributed by atoms with Crippen LogP contribution in [0.15, 0.2) is 0 Å². The number of carbonyl (C=O) groups is 1. The second kappa shape index (κ2) is 7.58. The van der Waals surface area contributed by atoms with Crippen molar-refractivity contribution in [1.29, 1.82) is 0 Å². The fraction of sp³-hybridized carbons (Fsp3) is 0.812. The van der Waals surface area contributed by atoms with Crippen LogP contribution in [-0.4, -0.2) is 76.9 Å². The Hall–Kier alpha value is -1.51. The maximum atomic E-state index is 11.8. The molecule has 0 radical (unpaired) electrons. The van der Waals surface area contributed by atoms with Gasteiger partial charge in [0.2, 0.25) is 5.91 Å². The number of hydrogen-bond donors (Lipinski definition) is 1. The third-order valence-electron chi connectivity index (χ3n) is 5.10. The molecule has 0 unspecified atom stereocenters. The summed E-state index contributed by atoms with van der Waals surface area (Å²) in [7, 11) is 3.57. The van der Waals surface area contributed by atoms with E-state index in [0.717, 1.165) is 57.2 Å². The molecule has 1 saturated carbocycles. The SMILES string of the molecule is COCCn1c(CN2CCC(=O)N(C)CC2)nnc1C1CC(N)C1. The molecule has 1 aromatic rings. The first-order valence-corrected chi connectivity index (χ1v) is 8.71. The number of hydrogen-bond acceptors (Lipinski definition) is 6. The van der Waals surface area contributed by atoms with Crippen LogP contribution in [0.2, 0.25) is 0 Å². The van der Waals surface area contributed by atoms with Crippen molar-refractivity contribution in [2.24, 2.45) is 5.73 Å². The van der Waals surface area contributed by atoms with E-state index in [1.54, 1.807) is 12.0 Å².